The minimum absolute atomic E-state index is 0.161. The Morgan fingerprint density at radius 1 is 1.18 bits per heavy atom. The van der Waals surface area contributed by atoms with Crippen LogP contribution in [0.15, 0.2) is 18.2 Å². The molecule has 1 aromatic carbocycles. The van der Waals surface area contributed by atoms with Crippen molar-refractivity contribution >= 4 is 5.69 Å². The predicted molar refractivity (Wildman–Crippen MR) is 72.9 cm³/mol. The standard InChI is InChI=1S/C15H24FN/c1-5-11(3)8-14(6-2)17-15-9-12(4)7-13(16)10-15/h7,9-11,14,17H,5-6,8H2,1-4H3. The maximum Gasteiger partial charge on any atom is 0.125 e. The Bertz CT molecular complexity index is 329. The average Bonchev–Trinajstić information content (AvgIpc) is 2.26. The highest BCUT2D eigenvalue weighted by molar-refractivity contribution is 5.46. The monoisotopic (exact) mass is 237 g/mol. The molecule has 0 fully saturated rings. The molecular formula is C15H24FN. The molecule has 0 aliphatic rings. The minimum Gasteiger partial charge on any atom is -0.382 e. The summed E-state index contributed by atoms with van der Waals surface area (Å²) in [5, 5.41) is 3.44. The normalized spacial score (nSPS) is 14.4. The highest BCUT2D eigenvalue weighted by atomic mass is 19.1. The van der Waals surface area contributed by atoms with Gasteiger partial charge in [-0.15, -0.1) is 0 Å². The fourth-order valence-corrected chi connectivity index (χ4v) is 2.04. The van der Waals surface area contributed by atoms with Crippen molar-refractivity contribution in [2.45, 2.75) is 53.0 Å². The van der Waals surface area contributed by atoms with E-state index in [0.717, 1.165) is 24.1 Å². The Labute approximate surface area is 104 Å². The van der Waals surface area contributed by atoms with Gasteiger partial charge in [0.25, 0.3) is 0 Å². The molecule has 0 heterocycles. The molecule has 0 aliphatic carbocycles. The van der Waals surface area contributed by atoms with Gasteiger partial charge in [0, 0.05) is 11.7 Å². The van der Waals surface area contributed by atoms with Crippen LogP contribution in [-0.4, -0.2) is 6.04 Å². The first-order valence-corrected chi connectivity index (χ1v) is 6.58. The van der Waals surface area contributed by atoms with Crippen molar-refractivity contribution in [2.75, 3.05) is 5.32 Å². The summed E-state index contributed by atoms with van der Waals surface area (Å²) in [4.78, 5) is 0. The van der Waals surface area contributed by atoms with Gasteiger partial charge in [0.1, 0.15) is 5.82 Å². The van der Waals surface area contributed by atoms with Crippen molar-refractivity contribution in [3.05, 3.63) is 29.6 Å². The van der Waals surface area contributed by atoms with E-state index in [1.807, 2.05) is 13.0 Å². The number of rotatable bonds is 6. The summed E-state index contributed by atoms with van der Waals surface area (Å²) in [7, 11) is 0. The SMILES string of the molecule is CCC(C)CC(CC)Nc1cc(C)cc(F)c1. The van der Waals surface area contributed by atoms with Crippen LogP contribution >= 0.6 is 0 Å². The van der Waals surface area contributed by atoms with Crippen LogP contribution in [0.1, 0.15) is 45.6 Å². The molecule has 1 rings (SSSR count). The number of anilines is 1. The van der Waals surface area contributed by atoms with Crippen molar-refractivity contribution in [3.63, 3.8) is 0 Å². The van der Waals surface area contributed by atoms with E-state index in [1.54, 1.807) is 12.1 Å². The second-order valence-electron chi connectivity index (χ2n) is 5.02. The van der Waals surface area contributed by atoms with E-state index in [0.29, 0.717) is 12.0 Å². The third kappa shape index (κ3) is 4.76. The van der Waals surface area contributed by atoms with E-state index in [-0.39, 0.29) is 5.82 Å². The van der Waals surface area contributed by atoms with Gasteiger partial charge in [0.05, 0.1) is 0 Å². The lowest BCUT2D eigenvalue weighted by Crippen LogP contribution is -2.21. The van der Waals surface area contributed by atoms with Crippen LogP contribution in [0.25, 0.3) is 0 Å². The van der Waals surface area contributed by atoms with Gasteiger partial charge in [-0.2, -0.15) is 0 Å². The second kappa shape index (κ2) is 6.63. The number of aryl methyl sites for hydroxylation is 1. The van der Waals surface area contributed by atoms with E-state index < -0.39 is 0 Å². The highest BCUT2D eigenvalue weighted by Gasteiger charge is 2.10. The van der Waals surface area contributed by atoms with E-state index in [2.05, 4.69) is 26.1 Å². The van der Waals surface area contributed by atoms with Crippen LogP contribution in [0.3, 0.4) is 0 Å². The molecular weight excluding hydrogens is 213 g/mol. The summed E-state index contributed by atoms with van der Waals surface area (Å²) in [6.45, 7) is 8.57. The van der Waals surface area contributed by atoms with Gasteiger partial charge in [0.2, 0.25) is 0 Å². The van der Waals surface area contributed by atoms with Gasteiger partial charge in [0.15, 0.2) is 0 Å². The number of hydrogen-bond donors (Lipinski definition) is 1. The molecule has 0 spiro atoms. The maximum atomic E-state index is 13.3. The van der Waals surface area contributed by atoms with Crippen molar-refractivity contribution in [1.82, 2.24) is 0 Å². The first-order chi connectivity index (χ1) is 8.05. The summed E-state index contributed by atoms with van der Waals surface area (Å²) in [6.07, 6.45) is 3.41. The summed E-state index contributed by atoms with van der Waals surface area (Å²) in [6, 6.07) is 5.57. The van der Waals surface area contributed by atoms with Crippen LogP contribution in [0.2, 0.25) is 0 Å². The van der Waals surface area contributed by atoms with Gasteiger partial charge in [-0.3, -0.25) is 0 Å². The molecule has 17 heavy (non-hydrogen) atoms. The smallest absolute Gasteiger partial charge is 0.125 e. The highest BCUT2D eigenvalue weighted by Crippen LogP contribution is 2.19. The van der Waals surface area contributed by atoms with E-state index in [1.165, 1.54) is 6.42 Å². The molecule has 2 unspecified atom stereocenters. The van der Waals surface area contributed by atoms with Gasteiger partial charge in [-0.25, -0.2) is 4.39 Å². The molecule has 1 nitrogen and oxygen atoms in total. The van der Waals surface area contributed by atoms with Crippen molar-refractivity contribution < 1.29 is 4.39 Å². The van der Waals surface area contributed by atoms with E-state index in [4.69, 9.17) is 0 Å². The number of benzene rings is 1. The van der Waals surface area contributed by atoms with Crippen LogP contribution in [0, 0.1) is 18.7 Å². The Morgan fingerprint density at radius 2 is 1.88 bits per heavy atom. The second-order valence-corrected chi connectivity index (χ2v) is 5.02. The lowest BCUT2D eigenvalue weighted by molar-refractivity contribution is 0.461. The zero-order valence-electron chi connectivity index (χ0n) is 11.4. The predicted octanol–water partition coefficient (Wildman–Crippen LogP) is 4.76. The first kappa shape index (κ1) is 14.0. The minimum atomic E-state index is -0.161. The number of halogens is 1. The molecule has 0 aliphatic heterocycles. The van der Waals surface area contributed by atoms with Crippen LogP contribution < -0.4 is 5.32 Å². The Morgan fingerprint density at radius 3 is 2.41 bits per heavy atom. The largest absolute Gasteiger partial charge is 0.382 e. The molecule has 2 atom stereocenters. The Hall–Kier alpha value is -1.05. The maximum absolute atomic E-state index is 13.3. The Kier molecular flexibility index (Phi) is 5.46. The van der Waals surface area contributed by atoms with Gasteiger partial charge in [-0.1, -0.05) is 27.2 Å². The lowest BCUT2D eigenvalue weighted by Gasteiger charge is -2.21. The third-order valence-electron chi connectivity index (χ3n) is 3.29. The number of nitrogens with one attached hydrogen (secondary N) is 1. The van der Waals surface area contributed by atoms with E-state index in [9.17, 15) is 4.39 Å². The molecule has 0 radical (unpaired) electrons. The zero-order valence-corrected chi connectivity index (χ0v) is 11.4. The topological polar surface area (TPSA) is 12.0 Å². The fraction of sp³-hybridized carbons (Fsp3) is 0.600. The first-order valence-electron chi connectivity index (χ1n) is 6.58. The van der Waals surface area contributed by atoms with Crippen molar-refractivity contribution in [1.29, 1.82) is 0 Å². The van der Waals surface area contributed by atoms with Gasteiger partial charge >= 0.3 is 0 Å². The zero-order chi connectivity index (χ0) is 12.8. The quantitative estimate of drug-likeness (QED) is 0.752. The van der Waals surface area contributed by atoms with Crippen LogP contribution in [-0.2, 0) is 0 Å². The summed E-state index contributed by atoms with van der Waals surface area (Å²) in [5.74, 6) is 0.549. The molecule has 0 aromatic heterocycles. The fourth-order valence-electron chi connectivity index (χ4n) is 2.04. The molecule has 1 N–H and O–H groups in total. The van der Waals surface area contributed by atoms with Crippen LogP contribution in [0.5, 0.6) is 0 Å². The lowest BCUT2D eigenvalue weighted by atomic mass is 9.97. The van der Waals surface area contributed by atoms with Crippen molar-refractivity contribution in [2.24, 2.45) is 5.92 Å². The Balaban J connectivity index is 2.66. The molecule has 0 saturated heterocycles. The molecule has 96 valence electrons. The van der Waals surface area contributed by atoms with Crippen molar-refractivity contribution in [3.8, 4) is 0 Å². The molecule has 0 bridgehead atoms. The van der Waals surface area contributed by atoms with Crippen LogP contribution in [0.4, 0.5) is 10.1 Å². The summed E-state index contributed by atoms with van der Waals surface area (Å²) >= 11 is 0. The van der Waals surface area contributed by atoms with Gasteiger partial charge in [-0.05, 0) is 49.4 Å². The molecule has 0 amide bonds. The van der Waals surface area contributed by atoms with Gasteiger partial charge < -0.3 is 5.32 Å². The summed E-state index contributed by atoms with van der Waals surface area (Å²) in [5.41, 5.74) is 1.86. The van der Waals surface area contributed by atoms with E-state index >= 15 is 0 Å². The average molecular weight is 237 g/mol. The summed E-state index contributed by atoms with van der Waals surface area (Å²) < 4.78 is 13.3. The molecule has 1 aromatic rings. The molecule has 0 saturated carbocycles. The third-order valence-corrected chi connectivity index (χ3v) is 3.29. The number of hydrogen-bond acceptors (Lipinski definition) is 1. The molecule has 2 heteroatoms.